The maximum atomic E-state index is 13.6. The van der Waals surface area contributed by atoms with Gasteiger partial charge in [0.1, 0.15) is 17.6 Å². The minimum absolute atomic E-state index is 0.100. The lowest BCUT2D eigenvalue weighted by atomic mass is 9.70. The summed E-state index contributed by atoms with van der Waals surface area (Å²) in [6, 6.07) is 16.6. The number of benzene rings is 2. The Morgan fingerprint density at radius 3 is 2.44 bits per heavy atom. The standard InChI is InChI=1S/C25H29N3O3S/c1-24(2)18-13-14-25(24,21(29)15-18)16-32(30,31)27-22(17-9-5-4-6-10-17)23-26-19-11-7-8-12-20(19)28(23)3/h4-12,18,22,27H,13-16H2,1-3H3. The van der Waals surface area contributed by atoms with Gasteiger partial charge in [0, 0.05) is 18.9 Å². The molecule has 3 atom stereocenters. The first-order valence-corrected chi connectivity index (χ1v) is 12.8. The number of hydrogen-bond acceptors (Lipinski definition) is 4. The van der Waals surface area contributed by atoms with Gasteiger partial charge in [-0.15, -0.1) is 0 Å². The van der Waals surface area contributed by atoms with Crippen LogP contribution in [0.3, 0.4) is 0 Å². The number of sulfonamides is 1. The van der Waals surface area contributed by atoms with Gasteiger partial charge in [-0.1, -0.05) is 56.3 Å². The Morgan fingerprint density at radius 2 is 1.81 bits per heavy atom. The van der Waals surface area contributed by atoms with Gasteiger partial charge in [0.25, 0.3) is 0 Å². The van der Waals surface area contributed by atoms with Gasteiger partial charge in [0.05, 0.1) is 16.8 Å². The fraction of sp³-hybridized carbons (Fsp3) is 0.440. The molecule has 2 aliphatic rings. The van der Waals surface area contributed by atoms with Crippen LogP contribution in [0.15, 0.2) is 54.6 Å². The summed E-state index contributed by atoms with van der Waals surface area (Å²) in [5.74, 6) is 0.827. The molecule has 0 amide bonds. The normalized spacial score (nSPS) is 25.5. The summed E-state index contributed by atoms with van der Waals surface area (Å²) in [5.41, 5.74) is 1.45. The van der Waals surface area contributed by atoms with Crippen LogP contribution < -0.4 is 4.72 Å². The maximum Gasteiger partial charge on any atom is 0.213 e. The molecular formula is C25H29N3O3S. The number of para-hydroxylation sites is 2. The van der Waals surface area contributed by atoms with Gasteiger partial charge in [0.15, 0.2) is 0 Å². The predicted octanol–water partition coefficient (Wildman–Crippen LogP) is 3.98. The van der Waals surface area contributed by atoms with Crippen LogP contribution in [0.4, 0.5) is 0 Å². The maximum absolute atomic E-state index is 13.6. The van der Waals surface area contributed by atoms with Crippen LogP contribution >= 0.6 is 0 Å². The van der Waals surface area contributed by atoms with E-state index >= 15 is 0 Å². The number of carbonyl (C=O) groups excluding carboxylic acids is 1. The number of imidazole rings is 1. The SMILES string of the molecule is Cn1c(C(NS(=O)(=O)CC23CCC(CC2=O)C3(C)C)c2ccccc2)nc2ccccc21. The third-order valence-corrected chi connectivity index (χ3v) is 9.55. The van der Waals surface area contributed by atoms with Crippen LogP contribution in [-0.2, 0) is 21.9 Å². The monoisotopic (exact) mass is 451 g/mol. The minimum atomic E-state index is -3.79. The number of carbonyl (C=O) groups is 1. The summed E-state index contributed by atoms with van der Waals surface area (Å²) < 4.78 is 32.0. The molecule has 0 radical (unpaired) electrons. The van der Waals surface area contributed by atoms with Crippen molar-refractivity contribution in [3.63, 3.8) is 0 Å². The summed E-state index contributed by atoms with van der Waals surface area (Å²) in [5, 5.41) is 0. The van der Waals surface area contributed by atoms with Gasteiger partial charge < -0.3 is 4.57 Å². The zero-order valence-corrected chi connectivity index (χ0v) is 19.5. The van der Waals surface area contributed by atoms with Crippen LogP contribution in [0.2, 0.25) is 0 Å². The van der Waals surface area contributed by atoms with Crippen molar-refractivity contribution in [3.05, 3.63) is 66.0 Å². The molecule has 2 bridgehead atoms. The fourth-order valence-electron chi connectivity index (χ4n) is 5.99. The average Bonchev–Trinajstić information content (AvgIpc) is 3.28. The summed E-state index contributed by atoms with van der Waals surface area (Å²) in [6.07, 6.45) is 2.06. The molecule has 0 saturated heterocycles. The molecule has 2 fully saturated rings. The Labute approximate surface area is 189 Å². The van der Waals surface area contributed by atoms with Crippen LogP contribution in [0.5, 0.6) is 0 Å². The highest BCUT2D eigenvalue weighted by Gasteiger charge is 2.65. The van der Waals surface area contributed by atoms with Crippen LogP contribution in [0, 0.1) is 16.7 Å². The second-order valence-corrected chi connectivity index (χ2v) is 11.7. The molecule has 2 saturated carbocycles. The van der Waals surface area contributed by atoms with E-state index in [0.29, 0.717) is 18.7 Å². The van der Waals surface area contributed by atoms with Crippen molar-refractivity contribution in [1.29, 1.82) is 0 Å². The molecule has 3 unspecified atom stereocenters. The lowest BCUT2D eigenvalue weighted by molar-refractivity contribution is -0.128. The molecule has 5 rings (SSSR count). The minimum Gasteiger partial charge on any atom is -0.329 e. The van der Waals surface area contributed by atoms with Gasteiger partial charge in [-0.3, -0.25) is 4.79 Å². The fourth-order valence-corrected chi connectivity index (χ4v) is 8.00. The molecule has 32 heavy (non-hydrogen) atoms. The van der Waals surface area contributed by atoms with E-state index in [2.05, 4.69) is 18.6 Å². The van der Waals surface area contributed by atoms with Crippen molar-refractivity contribution < 1.29 is 13.2 Å². The number of rotatable bonds is 6. The topological polar surface area (TPSA) is 81.1 Å². The van der Waals surface area contributed by atoms with E-state index in [4.69, 9.17) is 4.98 Å². The molecule has 7 heteroatoms. The molecular weight excluding hydrogens is 422 g/mol. The number of aromatic nitrogens is 2. The third kappa shape index (κ3) is 3.13. The van der Waals surface area contributed by atoms with Gasteiger partial charge >= 0.3 is 0 Å². The molecule has 2 aromatic carbocycles. The molecule has 1 aromatic heterocycles. The van der Waals surface area contributed by atoms with Crippen molar-refractivity contribution >= 4 is 26.8 Å². The summed E-state index contributed by atoms with van der Waals surface area (Å²) in [6.45, 7) is 4.12. The highest BCUT2D eigenvalue weighted by atomic mass is 32.2. The highest BCUT2D eigenvalue weighted by Crippen LogP contribution is 2.64. The summed E-state index contributed by atoms with van der Waals surface area (Å²) in [7, 11) is -1.89. The number of ketones is 1. The molecule has 0 spiro atoms. The Hall–Kier alpha value is -2.51. The first-order valence-electron chi connectivity index (χ1n) is 11.1. The molecule has 2 aliphatic carbocycles. The Kier molecular flexibility index (Phi) is 4.84. The van der Waals surface area contributed by atoms with E-state index in [1.165, 1.54) is 0 Å². The lowest BCUT2D eigenvalue weighted by Gasteiger charge is -2.36. The summed E-state index contributed by atoms with van der Waals surface area (Å²) in [4.78, 5) is 17.7. The van der Waals surface area contributed by atoms with Crippen molar-refractivity contribution in [1.82, 2.24) is 14.3 Å². The van der Waals surface area contributed by atoms with E-state index in [0.717, 1.165) is 23.0 Å². The zero-order chi connectivity index (χ0) is 22.7. The first kappa shape index (κ1) is 21.3. The van der Waals surface area contributed by atoms with Crippen molar-refractivity contribution in [2.75, 3.05) is 5.75 Å². The first-order chi connectivity index (χ1) is 15.1. The molecule has 0 aliphatic heterocycles. The van der Waals surface area contributed by atoms with E-state index in [9.17, 15) is 13.2 Å². The van der Waals surface area contributed by atoms with E-state index in [1.54, 1.807) is 0 Å². The Bertz CT molecular complexity index is 1300. The van der Waals surface area contributed by atoms with Gasteiger partial charge in [-0.05, 0) is 41.9 Å². The third-order valence-electron chi connectivity index (χ3n) is 8.09. The Morgan fingerprint density at radius 1 is 1.12 bits per heavy atom. The van der Waals surface area contributed by atoms with Gasteiger partial charge in [-0.2, -0.15) is 0 Å². The summed E-state index contributed by atoms with van der Waals surface area (Å²) >= 11 is 0. The number of aryl methyl sites for hydroxylation is 1. The smallest absolute Gasteiger partial charge is 0.213 e. The number of fused-ring (bicyclic) bond motifs is 3. The molecule has 1 heterocycles. The van der Waals surface area contributed by atoms with Crippen LogP contribution in [0.1, 0.15) is 50.5 Å². The molecule has 3 aromatic rings. The van der Waals surface area contributed by atoms with Crippen LogP contribution in [0.25, 0.3) is 11.0 Å². The largest absolute Gasteiger partial charge is 0.329 e. The van der Waals surface area contributed by atoms with E-state index in [-0.39, 0.29) is 22.9 Å². The van der Waals surface area contributed by atoms with Gasteiger partial charge in [-0.25, -0.2) is 18.1 Å². The van der Waals surface area contributed by atoms with Crippen molar-refractivity contribution in [2.24, 2.45) is 23.8 Å². The van der Waals surface area contributed by atoms with E-state index in [1.807, 2.05) is 66.2 Å². The quantitative estimate of drug-likeness (QED) is 0.615. The van der Waals surface area contributed by atoms with Gasteiger partial charge in [0.2, 0.25) is 10.0 Å². The molecule has 6 nitrogen and oxygen atoms in total. The average molecular weight is 452 g/mol. The van der Waals surface area contributed by atoms with Crippen molar-refractivity contribution in [3.8, 4) is 0 Å². The lowest BCUT2D eigenvalue weighted by Crippen LogP contribution is -2.46. The number of hydrogen-bond donors (Lipinski definition) is 1. The molecule has 168 valence electrons. The second-order valence-electron chi connectivity index (χ2n) is 9.91. The van der Waals surface area contributed by atoms with E-state index < -0.39 is 21.5 Å². The zero-order valence-electron chi connectivity index (χ0n) is 18.7. The highest BCUT2D eigenvalue weighted by molar-refractivity contribution is 7.89. The Balaban J connectivity index is 1.55. The van der Waals surface area contributed by atoms with Crippen molar-refractivity contribution in [2.45, 2.75) is 39.2 Å². The number of Topliss-reactive ketones (excluding diaryl/α,β-unsaturated/α-hetero) is 1. The second kappa shape index (κ2) is 7.25. The molecule has 1 N–H and O–H groups in total. The van der Waals surface area contributed by atoms with Crippen LogP contribution in [-0.4, -0.2) is 29.5 Å². The number of nitrogens with zero attached hydrogens (tertiary/aromatic N) is 2. The number of nitrogens with one attached hydrogen (secondary N) is 1. The predicted molar refractivity (Wildman–Crippen MR) is 124 cm³/mol.